The number of rotatable bonds is 1. The third kappa shape index (κ3) is 4.73. The number of carbonyl (C=O) groups is 1. The van der Waals surface area contributed by atoms with E-state index in [4.69, 9.17) is 14.7 Å². The number of likely N-dealkylation sites (N-methyl/N-ethyl adjacent to an activating group) is 1. The molecule has 1 aliphatic carbocycles. The van der Waals surface area contributed by atoms with Gasteiger partial charge in [0.15, 0.2) is 0 Å². The molecule has 3 aromatic heterocycles. The number of fused-ring (bicyclic) bond motifs is 9. The van der Waals surface area contributed by atoms with Gasteiger partial charge in [-0.05, 0) is 75.9 Å². The second-order valence-corrected chi connectivity index (χ2v) is 13.3. The summed E-state index contributed by atoms with van der Waals surface area (Å²) in [7, 11) is 4.07. The molecule has 4 aromatic rings. The van der Waals surface area contributed by atoms with Crippen LogP contribution in [-0.4, -0.2) is 99.5 Å². The van der Waals surface area contributed by atoms with Gasteiger partial charge in [-0.1, -0.05) is 0 Å². The zero-order valence-electron chi connectivity index (χ0n) is 25.9. The maximum absolute atomic E-state index is 14.0. The zero-order chi connectivity index (χ0) is 30.0. The van der Waals surface area contributed by atoms with E-state index in [1.165, 1.54) is 18.5 Å². The van der Waals surface area contributed by atoms with Gasteiger partial charge in [-0.25, -0.2) is 9.67 Å². The average Bonchev–Trinajstić information content (AvgIpc) is 3.44. The molecule has 3 saturated heterocycles. The Bertz CT molecular complexity index is 1730. The fraction of sp³-hybridized carbons (Fsp3) is 0.515. The number of carbonyl (C=O) groups excluding carboxylic acids is 1. The molecule has 5 bridgehead atoms. The SMILES string of the molecule is Cc1cc2cc(n1)-c1cnn(C)c1OCCN1CC3CCC(CC3)(C1)n1c(nc3ccc(N4CCN(C)CC4)cc31)NC2=O. The summed E-state index contributed by atoms with van der Waals surface area (Å²) in [6.45, 7) is 9.34. The maximum Gasteiger partial charge on any atom is 0.258 e. The lowest BCUT2D eigenvalue weighted by atomic mass is 9.78. The van der Waals surface area contributed by atoms with E-state index in [0.717, 1.165) is 80.9 Å². The number of benzene rings is 1. The molecule has 1 spiro atoms. The van der Waals surface area contributed by atoms with Gasteiger partial charge >= 0.3 is 0 Å². The molecule has 1 saturated carbocycles. The monoisotopic (exact) mass is 595 g/mol. The van der Waals surface area contributed by atoms with Gasteiger partial charge in [0.25, 0.3) is 5.91 Å². The molecule has 1 atom stereocenters. The van der Waals surface area contributed by atoms with Crippen LogP contribution >= 0.6 is 0 Å². The van der Waals surface area contributed by atoms with Crippen molar-refractivity contribution in [1.82, 2.24) is 34.1 Å². The lowest BCUT2D eigenvalue weighted by Crippen LogP contribution is -2.45. The number of piperazine rings is 1. The minimum absolute atomic E-state index is 0.178. The van der Waals surface area contributed by atoms with Crippen molar-refractivity contribution < 1.29 is 9.53 Å². The molecule has 0 radical (unpaired) electrons. The van der Waals surface area contributed by atoms with Gasteiger partial charge in [0, 0.05) is 69.8 Å². The number of hydrogen-bond donors (Lipinski definition) is 1. The van der Waals surface area contributed by atoms with Crippen LogP contribution in [0.15, 0.2) is 36.5 Å². The van der Waals surface area contributed by atoms with Gasteiger partial charge in [0.05, 0.1) is 34.0 Å². The first-order valence-corrected chi connectivity index (χ1v) is 16.0. The van der Waals surface area contributed by atoms with E-state index in [0.29, 0.717) is 35.6 Å². The molecule has 11 heteroatoms. The molecule has 1 amide bonds. The van der Waals surface area contributed by atoms with Crippen molar-refractivity contribution in [3.8, 4) is 17.1 Å². The van der Waals surface area contributed by atoms with E-state index in [9.17, 15) is 4.79 Å². The van der Waals surface area contributed by atoms with Crippen LogP contribution in [0.4, 0.5) is 11.6 Å². The summed E-state index contributed by atoms with van der Waals surface area (Å²) in [4.78, 5) is 31.4. The van der Waals surface area contributed by atoms with Crippen LogP contribution in [-0.2, 0) is 12.6 Å². The fourth-order valence-corrected chi connectivity index (χ4v) is 7.91. The topological polar surface area (TPSA) is 96.6 Å². The van der Waals surface area contributed by atoms with E-state index in [1.54, 1.807) is 10.9 Å². The first-order valence-electron chi connectivity index (χ1n) is 16.0. The van der Waals surface area contributed by atoms with Crippen molar-refractivity contribution in [3.63, 3.8) is 0 Å². The molecule has 44 heavy (non-hydrogen) atoms. The Labute approximate surface area is 257 Å². The van der Waals surface area contributed by atoms with E-state index in [1.807, 2.05) is 26.1 Å². The van der Waals surface area contributed by atoms with Crippen molar-refractivity contribution in [1.29, 1.82) is 0 Å². The van der Waals surface area contributed by atoms with Crippen molar-refractivity contribution in [2.75, 3.05) is 69.7 Å². The van der Waals surface area contributed by atoms with Crippen LogP contribution in [0.3, 0.4) is 0 Å². The third-order valence-electron chi connectivity index (χ3n) is 10.3. The maximum atomic E-state index is 14.0. The Morgan fingerprint density at radius 1 is 1.00 bits per heavy atom. The number of amides is 1. The number of ether oxygens (including phenoxy) is 1. The highest BCUT2D eigenvalue weighted by Crippen LogP contribution is 2.46. The summed E-state index contributed by atoms with van der Waals surface area (Å²) in [5.41, 5.74) is 5.82. The van der Waals surface area contributed by atoms with Crippen LogP contribution in [0.1, 0.15) is 41.7 Å². The van der Waals surface area contributed by atoms with Gasteiger partial charge in [0.1, 0.15) is 6.61 Å². The summed E-state index contributed by atoms with van der Waals surface area (Å²) in [6.07, 6.45) is 6.23. The highest BCUT2D eigenvalue weighted by Gasteiger charge is 2.44. The Hall–Kier alpha value is -3.96. The predicted octanol–water partition coefficient (Wildman–Crippen LogP) is 3.74. The Morgan fingerprint density at radius 3 is 2.64 bits per heavy atom. The summed E-state index contributed by atoms with van der Waals surface area (Å²) >= 11 is 0. The highest BCUT2D eigenvalue weighted by molar-refractivity contribution is 6.05. The first-order chi connectivity index (χ1) is 21.3. The first kappa shape index (κ1) is 27.6. The molecule has 9 rings (SSSR count). The number of aromatic nitrogens is 5. The Kier molecular flexibility index (Phi) is 6.64. The lowest BCUT2D eigenvalue weighted by Gasteiger charge is -2.40. The van der Waals surface area contributed by atoms with Crippen molar-refractivity contribution in [2.24, 2.45) is 13.0 Å². The normalized spacial score (nSPS) is 25.8. The molecule has 1 N–H and O–H groups in total. The number of imidazole rings is 1. The molecular weight excluding hydrogens is 554 g/mol. The minimum atomic E-state index is -0.190. The molecule has 5 aliphatic rings. The minimum Gasteiger partial charge on any atom is -0.476 e. The summed E-state index contributed by atoms with van der Waals surface area (Å²) in [6, 6.07) is 10.3. The van der Waals surface area contributed by atoms with Gasteiger partial charge in [0.2, 0.25) is 11.8 Å². The van der Waals surface area contributed by atoms with Crippen molar-refractivity contribution >= 4 is 28.6 Å². The summed E-state index contributed by atoms with van der Waals surface area (Å²) in [5, 5.41) is 7.75. The zero-order valence-corrected chi connectivity index (χ0v) is 25.9. The third-order valence-corrected chi connectivity index (χ3v) is 10.3. The van der Waals surface area contributed by atoms with Gasteiger partial charge in [-0.3, -0.25) is 20.0 Å². The average molecular weight is 596 g/mol. The number of hydrogen-bond acceptors (Lipinski definition) is 8. The van der Waals surface area contributed by atoms with Gasteiger partial charge in [-0.15, -0.1) is 0 Å². The van der Waals surface area contributed by atoms with Crippen LogP contribution < -0.4 is 15.0 Å². The standard InChI is InChI=1S/C33H41N9O2/c1-22-16-24-17-28(35-22)26-19-34-39(3)31(26)44-15-14-40-20-23-6-8-33(21-40,9-7-23)42-29-18-25(41-12-10-38(2)11-13-41)4-5-27(29)36-32(42)37-30(24)43/h4-5,16-19,23H,6-15,20-21H2,1-3H3,(H,36,37,43). The van der Waals surface area contributed by atoms with Crippen molar-refractivity contribution in [2.45, 2.75) is 38.1 Å². The largest absolute Gasteiger partial charge is 0.476 e. The predicted molar refractivity (Wildman–Crippen MR) is 170 cm³/mol. The molecule has 4 fully saturated rings. The van der Waals surface area contributed by atoms with E-state index >= 15 is 0 Å². The Balaban J connectivity index is 1.28. The van der Waals surface area contributed by atoms with Gasteiger partial charge in [-0.2, -0.15) is 5.10 Å². The second kappa shape index (κ2) is 10.6. The van der Waals surface area contributed by atoms with Crippen LogP contribution in [0, 0.1) is 12.8 Å². The number of anilines is 2. The highest BCUT2D eigenvalue weighted by atomic mass is 16.5. The smallest absolute Gasteiger partial charge is 0.258 e. The summed E-state index contributed by atoms with van der Waals surface area (Å²) < 4.78 is 10.6. The molecule has 4 aliphatic heterocycles. The molecule has 7 heterocycles. The second-order valence-electron chi connectivity index (χ2n) is 13.3. The number of aryl methyl sites for hydroxylation is 2. The molecular formula is C33H41N9O2. The van der Waals surface area contributed by atoms with Crippen LogP contribution in [0.5, 0.6) is 5.88 Å². The molecule has 230 valence electrons. The molecule has 1 aromatic carbocycles. The Morgan fingerprint density at radius 2 is 1.82 bits per heavy atom. The number of pyridine rings is 1. The summed E-state index contributed by atoms with van der Waals surface area (Å²) in [5.74, 6) is 1.78. The van der Waals surface area contributed by atoms with E-state index < -0.39 is 0 Å². The number of nitrogens with one attached hydrogen (secondary N) is 1. The van der Waals surface area contributed by atoms with Crippen LogP contribution in [0.2, 0.25) is 0 Å². The quantitative estimate of drug-likeness (QED) is 0.356. The lowest BCUT2D eigenvalue weighted by molar-refractivity contribution is 0.102. The van der Waals surface area contributed by atoms with Crippen LogP contribution in [0.25, 0.3) is 22.3 Å². The van der Waals surface area contributed by atoms with Crippen molar-refractivity contribution in [3.05, 3.63) is 47.8 Å². The number of nitrogens with zero attached hydrogens (tertiary/aromatic N) is 8. The molecule has 11 nitrogen and oxygen atoms in total. The molecule has 1 unspecified atom stereocenters. The van der Waals surface area contributed by atoms with E-state index in [-0.39, 0.29) is 11.4 Å². The fourth-order valence-electron chi connectivity index (χ4n) is 7.91. The van der Waals surface area contributed by atoms with E-state index in [2.05, 4.69) is 54.9 Å². The van der Waals surface area contributed by atoms with Gasteiger partial charge < -0.3 is 19.1 Å².